The number of amides is 3. The summed E-state index contributed by atoms with van der Waals surface area (Å²) >= 11 is 14.0. The van der Waals surface area contributed by atoms with E-state index >= 15 is 0 Å². The van der Waals surface area contributed by atoms with Crippen LogP contribution in [0.15, 0.2) is 42.5 Å². The molecule has 0 aliphatic carbocycles. The van der Waals surface area contributed by atoms with Crippen LogP contribution in [0.3, 0.4) is 0 Å². The molecule has 0 bridgehead atoms. The van der Waals surface area contributed by atoms with Gasteiger partial charge in [-0.2, -0.15) is 0 Å². The number of anilines is 1. The number of hydrogen-bond donors (Lipinski definition) is 2. The van der Waals surface area contributed by atoms with E-state index in [9.17, 15) is 9.59 Å². The molecule has 2 rings (SSSR count). The van der Waals surface area contributed by atoms with E-state index < -0.39 is 11.9 Å². The molecule has 0 fully saturated rings. The maximum absolute atomic E-state index is 12.0. The van der Waals surface area contributed by atoms with Gasteiger partial charge in [-0.25, -0.2) is 4.79 Å². The molecule has 21 heavy (non-hydrogen) atoms. The van der Waals surface area contributed by atoms with E-state index in [2.05, 4.69) is 33.2 Å². The third-order valence-electron chi connectivity index (χ3n) is 2.52. The fraction of sp³-hybridized carbons (Fsp3) is 0. The van der Waals surface area contributed by atoms with Crippen molar-refractivity contribution >= 4 is 63.4 Å². The van der Waals surface area contributed by atoms with Crippen molar-refractivity contribution in [2.24, 2.45) is 0 Å². The lowest BCUT2D eigenvalue weighted by Gasteiger charge is -2.09. The van der Waals surface area contributed by atoms with E-state index in [1.54, 1.807) is 18.2 Å². The number of carbonyl (C=O) groups is 2. The molecule has 108 valence electrons. The summed E-state index contributed by atoms with van der Waals surface area (Å²) in [6, 6.07) is 11.2. The largest absolute Gasteiger partial charge is 0.326 e. The molecule has 0 radical (unpaired) electrons. The lowest BCUT2D eigenvalue weighted by atomic mass is 10.2. The van der Waals surface area contributed by atoms with Gasteiger partial charge in [0.05, 0.1) is 15.6 Å². The number of carbonyl (C=O) groups excluding carboxylic acids is 2. The van der Waals surface area contributed by atoms with Crippen LogP contribution < -0.4 is 10.6 Å². The first-order valence-corrected chi connectivity index (χ1v) is 7.63. The zero-order chi connectivity index (χ0) is 15.4. The second-order valence-electron chi connectivity index (χ2n) is 4.01. The van der Waals surface area contributed by atoms with Crippen LogP contribution >= 0.6 is 45.8 Å². The summed E-state index contributed by atoms with van der Waals surface area (Å²) in [4.78, 5) is 23.8. The third kappa shape index (κ3) is 4.33. The summed E-state index contributed by atoms with van der Waals surface area (Å²) in [5, 5.41) is 5.09. The van der Waals surface area contributed by atoms with Gasteiger partial charge in [0, 0.05) is 9.26 Å². The molecule has 0 atom stereocenters. The van der Waals surface area contributed by atoms with Gasteiger partial charge in [0.15, 0.2) is 0 Å². The van der Waals surface area contributed by atoms with Gasteiger partial charge in [-0.05, 0) is 59.0 Å². The van der Waals surface area contributed by atoms with Gasteiger partial charge >= 0.3 is 6.03 Å². The molecule has 7 heteroatoms. The molecular weight excluding hydrogens is 426 g/mol. The number of halogens is 3. The van der Waals surface area contributed by atoms with Crippen LogP contribution in [0, 0.1) is 3.57 Å². The van der Waals surface area contributed by atoms with Gasteiger partial charge in [0.25, 0.3) is 5.91 Å². The first-order valence-electron chi connectivity index (χ1n) is 5.79. The fourth-order valence-corrected chi connectivity index (χ4v) is 2.50. The van der Waals surface area contributed by atoms with E-state index in [1.807, 2.05) is 12.1 Å². The van der Waals surface area contributed by atoms with Crippen molar-refractivity contribution < 1.29 is 9.59 Å². The van der Waals surface area contributed by atoms with Crippen LogP contribution in [0.25, 0.3) is 0 Å². The van der Waals surface area contributed by atoms with E-state index in [-0.39, 0.29) is 15.6 Å². The van der Waals surface area contributed by atoms with Gasteiger partial charge in [0.2, 0.25) is 0 Å². The third-order valence-corrected chi connectivity index (χ3v) is 3.87. The molecule has 4 nitrogen and oxygen atoms in total. The van der Waals surface area contributed by atoms with Gasteiger partial charge in [-0.1, -0.05) is 29.3 Å². The number of hydrogen-bond acceptors (Lipinski definition) is 2. The number of benzene rings is 2. The van der Waals surface area contributed by atoms with Gasteiger partial charge < -0.3 is 5.32 Å². The minimum Gasteiger partial charge on any atom is -0.308 e. The highest BCUT2D eigenvalue weighted by Crippen LogP contribution is 2.23. The second kappa shape index (κ2) is 7.11. The number of rotatable bonds is 2. The summed E-state index contributed by atoms with van der Waals surface area (Å²) < 4.78 is 1.04. The Morgan fingerprint density at radius 3 is 2.10 bits per heavy atom. The first kappa shape index (κ1) is 16.1. The van der Waals surface area contributed by atoms with Crippen molar-refractivity contribution in [2.45, 2.75) is 0 Å². The molecule has 0 aliphatic heterocycles. The molecule has 0 saturated heterocycles. The molecule has 2 aromatic rings. The Labute approximate surface area is 145 Å². The predicted octanol–water partition coefficient (Wildman–Crippen LogP) is 4.56. The zero-order valence-corrected chi connectivity index (χ0v) is 14.2. The Balaban J connectivity index is 2.06. The smallest absolute Gasteiger partial charge is 0.308 e. The lowest BCUT2D eigenvalue weighted by Crippen LogP contribution is -2.34. The van der Waals surface area contributed by atoms with E-state index in [0.29, 0.717) is 5.69 Å². The molecular formula is C14H9Cl2IN2O2. The molecule has 0 spiro atoms. The van der Waals surface area contributed by atoms with Crippen LogP contribution in [-0.2, 0) is 0 Å². The van der Waals surface area contributed by atoms with Crippen molar-refractivity contribution in [3.63, 3.8) is 0 Å². The molecule has 0 aliphatic rings. The second-order valence-corrected chi connectivity index (χ2v) is 6.07. The van der Waals surface area contributed by atoms with Crippen LogP contribution in [0.2, 0.25) is 10.0 Å². The Morgan fingerprint density at radius 1 is 0.952 bits per heavy atom. The van der Waals surface area contributed by atoms with Gasteiger partial charge in [0.1, 0.15) is 0 Å². The Bertz CT molecular complexity index is 670. The molecule has 0 saturated carbocycles. The lowest BCUT2D eigenvalue weighted by molar-refractivity contribution is 0.0967. The molecule has 2 N–H and O–H groups in total. The van der Waals surface area contributed by atoms with Crippen LogP contribution in [0.1, 0.15) is 10.4 Å². The Kier molecular flexibility index (Phi) is 5.44. The quantitative estimate of drug-likeness (QED) is 0.680. The van der Waals surface area contributed by atoms with Crippen molar-refractivity contribution in [2.75, 3.05) is 5.32 Å². The number of nitrogens with one attached hydrogen (secondary N) is 2. The SMILES string of the molecule is O=C(NC(=O)c1c(Cl)cccc1Cl)Nc1ccc(I)cc1. The molecule has 2 aromatic carbocycles. The van der Waals surface area contributed by atoms with E-state index in [1.165, 1.54) is 12.1 Å². The van der Waals surface area contributed by atoms with Crippen molar-refractivity contribution in [1.82, 2.24) is 5.32 Å². The highest BCUT2D eigenvalue weighted by Gasteiger charge is 2.16. The molecule has 0 unspecified atom stereocenters. The number of imide groups is 1. The van der Waals surface area contributed by atoms with Gasteiger partial charge in [-0.3, -0.25) is 10.1 Å². The van der Waals surface area contributed by atoms with Crippen LogP contribution in [0.4, 0.5) is 10.5 Å². The summed E-state index contributed by atoms with van der Waals surface area (Å²) in [6.07, 6.45) is 0. The standard InChI is InChI=1S/C14H9Cl2IN2O2/c15-10-2-1-3-11(16)12(10)13(20)19-14(21)18-9-6-4-8(17)5-7-9/h1-7H,(H2,18,19,20,21). The maximum Gasteiger partial charge on any atom is 0.326 e. The minimum absolute atomic E-state index is 0.0681. The van der Waals surface area contributed by atoms with Crippen LogP contribution in [0.5, 0.6) is 0 Å². The maximum atomic E-state index is 12.0. The van der Waals surface area contributed by atoms with Crippen LogP contribution in [-0.4, -0.2) is 11.9 Å². The Morgan fingerprint density at radius 2 is 1.52 bits per heavy atom. The summed E-state index contributed by atoms with van der Waals surface area (Å²) in [7, 11) is 0. The van der Waals surface area contributed by atoms with Gasteiger partial charge in [-0.15, -0.1) is 0 Å². The predicted molar refractivity (Wildman–Crippen MR) is 92.1 cm³/mol. The van der Waals surface area contributed by atoms with Crippen molar-refractivity contribution in [1.29, 1.82) is 0 Å². The molecule has 0 heterocycles. The Hall–Kier alpha value is -1.31. The highest BCUT2D eigenvalue weighted by atomic mass is 127. The first-order chi connectivity index (χ1) is 9.97. The summed E-state index contributed by atoms with van der Waals surface area (Å²) in [6.45, 7) is 0. The van der Waals surface area contributed by atoms with Crippen molar-refractivity contribution in [3.8, 4) is 0 Å². The summed E-state index contributed by atoms with van der Waals surface area (Å²) in [5.74, 6) is -0.659. The molecule has 3 amide bonds. The monoisotopic (exact) mass is 434 g/mol. The molecule has 0 aromatic heterocycles. The van der Waals surface area contributed by atoms with Crippen molar-refractivity contribution in [3.05, 3.63) is 61.6 Å². The topological polar surface area (TPSA) is 58.2 Å². The normalized spacial score (nSPS) is 10.0. The fourth-order valence-electron chi connectivity index (χ4n) is 1.58. The average Bonchev–Trinajstić information content (AvgIpc) is 2.41. The highest BCUT2D eigenvalue weighted by molar-refractivity contribution is 14.1. The van der Waals surface area contributed by atoms with E-state index in [4.69, 9.17) is 23.2 Å². The minimum atomic E-state index is -0.659. The van der Waals surface area contributed by atoms with E-state index in [0.717, 1.165) is 3.57 Å². The average molecular weight is 435 g/mol. The zero-order valence-electron chi connectivity index (χ0n) is 10.5. The number of urea groups is 1. The summed E-state index contributed by atoms with van der Waals surface area (Å²) in [5.41, 5.74) is 0.643.